The van der Waals surface area contributed by atoms with Crippen molar-refractivity contribution < 1.29 is 14.6 Å². The number of nitrogens with two attached hydrogens (primary N) is 1. The summed E-state index contributed by atoms with van der Waals surface area (Å²) in [5, 5.41) is 9.05. The number of hydrogen-bond donors (Lipinski definition) is 2. The Balaban J connectivity index is 2.45. The Morgan fingerprint density at radius 3 is 3.00 bits per heavy atom. The summed E-state index contributed by atoms with van der Waals surface area (Å²) in [5.41, 5.74) is 5.41. The van der Waals surface area contributed by atoms with Crippen molar-refractivity contribution in [1.29, 1.82) is 0 Å². The molecule has 0 bridgehead atoms. The number of rotatable bonds is 6. The summed E-state index contributed by atoms with van der Waals surface area (Å²) in [6, 6.07) is -0.420. The maximum Gasteiger partial charge on any atom is 0.320 e. The molecule has 2 atom stereocenters. The van der Waals surface area contributed by atoms with Gasteiger partial charge in [0, 0.05) is 13.7 Å². The van der Waals surface area contributed by atoms with Crippen LogP contribution in [0.15, 0.2) is 0 Å². The van der Waals surface area contributed by atoms with E-state index in [4.69, 9.17) is 15.6 Å². The number of carbonyl (C=O) groups is 1. The van der Waals surface area contributed by atoms with Crippen LogP contribution < -0.4 is 5.73 Å². The number of nitrogens with zero attached hydrogens (tertiary/aromatic N) is 1. The molecule has 0 spiro atoms. The molecular weight excluding hydrogens is 196 g/mol. The van der Waals surface area contributed by atoms with Crippen molar-refractivity contribution >= 4 is 5.97 Å². The first-order valence-electron chi connectivity index (χ1n) is 5.35. The highest BCUT2D eigenvalue weighted by Crippen LogP contribution is 2.20. The Hall–Kier alpha value is -0.650. The molecule has 0 aromatic rings. The van der Waals surface area contributed by atoms with Crippen molar-refractivity contribution in [3.05, 3.63) is 0 Å². The van der Waals surface area contributed by atoms with Crippen LogP contribution in [-0.2, 0) is 9.53 Å². The van der Waals surface area contributed by atoms with E-state index in [-0.39, 0.29) is 0 Å². The van der Waals surface area contributed by atoms with Crippen LogP contribution in [0.25, 0.3) is 0 Å². The van der Waals surface area contributed by atoms with Gasteiger partial charge in [-0.15, -0.1) is 0 Å². The fourth-order valence-corrected chi connectivity index (χ4v) is 2.14. The van der Waals surface area contributed by atoms with Crippen molar-refractivity contribution in [2.45, 2.75) is 18.9 Å². The molecule has 2 unspecified atom stereocenters. The van der Waals surface area contributed by atoms with Gasteiger partial charge in [-0.2, -0.15) is 0 Å². The van der Waals surface area contributed by atoms with Crippen molar-refractivity contribution in [1.82, 2.24) is 4.90 Å². The Kier molecular flexibility index (Phi) is 5.01. The molecule has 1 rings (SSSR count). The molecule has 15 heavy (non-hydrogen) atoms. The van der Waals surface area contributed by atoms with Gasteiger partial charge in [-0.1, -0.05) is 0 Å². The number of carboxylic acids is 1. The lowest BCUT2D eigenvalue weighted by Crippen LogP contribution is -2.41. The summed E-state index contributed by atoms with van der Waals surface area (Å²) in [7, 11) is 1.68. The Morgan fingerprint density at radius 2 is 2.47 bits per heavy atom. The maximum atomic E-state index is 11.0. The van der Waals surface area contributed by atoms with Crippen LogP contribution in [0.1, 0.15) is 12.8 Å². The van der Waals surface area contributed by atoms with E-state index in [1.807, 2.05) is 4.90 Å². The molecule has 0 aromatic heterocycles. The number of likely N-dealkylation sites (tertiary alicyclic amines) is 1. The van der Waals surface area contributed by atoms with Gasteiger partial charge >= 0.3 is 5.97 Å². The summed E-state index contributed by atoms with van der Waals surface area (Å²) < 4.78 is 5.08. The van der Waals surface area contributed by atoms with Crippen LogP contribution in [0, 0.1) is 5.92 Å². The van der Waals surface area contributed by atoms with E-state index >= 15 is 0 Å². The molecule has 1 aliphatic rings. The van der Waals surface area contributed by atoms with E-state index in [0.717, 1.165) is 19.5 Å². The Bertz CT molecular complexity index is 211. The summed E-state index contributed by atoms with van der Waals surface area (Å²) in [6.45, 7) is 2.78. The average Bonchev–Trinajstić information content (AvgIpc) is 2.62. The molecule has 0 amide bonds. The van der Waals surface area contributed by atoms with E-state index in [2.05, 4.69) is 0 Å². The first kappa shape index (κ1) is 12.4. The molecule has 0 aromatic carbocycles. The predicted octanol–water partition coefficient (Wildman–Crippen LogP) is -0.243. The van der Waals surface area contributed by atoms with Gasteiger partial charge in [0.15, 0.2) is 0 Å². The smallest absolute Gasteiger partial charge is 0.320 e. The van der Waals surface area contributed by atoms with Crippen molar-refractivity contribution in [2.75, 3.05) is 33.4 Å². The van der Waals surface area contributed by atoms with Crippen molar-refractivity contribution in [3.63, 3.8) is 0 Å². The van der Waals surface area contributed by atoms with Gasteiger partial charge in [-0.25, -0.2) is 0 Å². The largest absolute Gasteiger partial charge is 0.480 e. The summed E-state index contributed by atoms with van der Waals surface area (Å²) in [5.74, 6) is -0.298. The SMILES string of the molecule is COCC1CCN(C(CCN)C(=O)O)C1. The maximum absolute atomic E-state index is 11.0. The van der Waals surface area contributed by atoms with Crippen molar-refractivity contribution in [2.24, 2.45) is 11.7 Å². The lowest BCUT2D eigenvalue weighted by Gasteiger charge is -2.23. The molecule has 1 aliphatic heterocycles. The molecule has 0 radical (unpaired) electrons. The zero-order valence-electron chi connectivity index (χ0n) is 9.19. The minimum atomic E-state index is -0.765. The van der Waals surface area contributed by atoms with Gasteiger partial charge in [0.05, 0.1) is 6.61 Å². The van der Waals surface area contributed by atoms with Gasteiger partial charge < -0.3 is 15.6 Å². The topological polar surface area (TPSA) is 75.8 Å². The van der Waals surface area contributed by atoms with Crippen LogP contribution in [0.5, 0.6) is 0 Å². The standard InChI is InChI=1S/C10H20N2O3/c1-15-7-8-3-5-12(6-8)9(2-4-11)10(13)14/h8-9H,2-7,11H2,1H3,(H,13,14). The second kappa shape index (κ2) is 6.05. The lowest BCUT2D eigenvalue weighted by molar-refractivity contribution is -0.143. The Labute approximate surface area is 90.2 Å². The van der Waals surface area contributed by atoms with Crippen LogP contribution in [0.2, 0.25) is 0 Å². The van der Waals surface area contributed by atoms with Crippen LogP contribution in [-0.4, -0.2) is 55.4 Å². The normalized spacial score (nSPS) is 24.3. The fraction of sp³-hybridized carbons (Fsp3) is 0.900. The molecule has 1 saturated heterocycles. The highest BCUT2D eigenvalue weighted by Gasteiger charge is 2.31. The second-order valence-electron chi connectivity index (χ2n) is 4.04. The number of hydrogen-bond acceptors (Lipinski definition) is 4. The van der Waals surface area contributed by atoms with Gasteiger partial charge in [0.25, 0.3) is 0 Å². The zero-order chi connectivity index (χ0) is 11.3. The molecule has 0 saturated carbocycles. The van der Waals surface area contributed by atoms with E-state index in [9.17, 15) is 4.79 Å². The lowest BCUT2D eigenvalue weighted by atomic mass is 10.1. The minimum absolute atomic E-state index is 0.419. The van der Waals surface area contributed by atoms with E-state index < -0.39 is 12.0 Å². The third-order valence-corrected chi connectivity index (χ3v) is 2.89. The van der Waals surface area contributed by atoms with E-state index in [1.165, 1.54) is 0 Å². The highest BCUT2D eigenvalue weighted by atomic mass is 16.5. The van der Waals surface area contributed by atoms with Crippen LogP contribution in [0.3, 0.4) is 0 Å². The minimum Gasteiger partial charge on any atom is -0.480 e. The summed E-state index contributed by atoms with van der Waals surface area (Å²) >= 11 is 0. The number of ether oxygens (including phenoxy) is 1. The molecule has 5 heteroatoms. The molecular formula is C10H20N2O3. The van der Waals surface area contributed by atoms with Crippen LogP contribution >= 0.6 is 0 Å². The van der Waals surface area contributed by atoms with E-state index in [1.54, 1.807) is 7.11 Å². The van der Waals surface area contributed by atoms with Gasteiger partial charge in [-0.05, 0) is 31.8 Å². The number of methoxy groups -OCH3 is 1. The predicted molar refractivity (Wildman–Crippen MR) is 56.7 cm³/mol. The quantitative estimate of drug-likeness (QED) is 0.640. The van der Waals surface area contributed by atoms with E-state index in [0.29, 0.717) is 25.5 Å². The summed E-state index contributed by atoms with van der Waals surface area (Å²) in [6.07, 6.45) is 1.54. The highest BCUT2D eigenvalue weighted by molar-refractivity contribution is 5.73. The Morgan fingerprint density at radius 1 is 1.73 bits per heavy atom. The first-order chi connectivity index (χ1) is 7.19. The summed E-state index contributed by atoms with van der Waals surface area (Å²) in [4.78, 5) is 13.0. The molecule has 88 valence electrons. The average molecular weight is 216 g/mol. The van der Waals surface area contributed by atoms with Gasteiger partial charge in [0.2, 0.25) is 0 Å². The first-order valence-corrected chi connectivity index (χ1v) is 5.35. The third kappa shape index (κ3) is 3.44. The zero-order valence-corrected chi connectivity index (χ0v) is 9.19. The monoisotopic (exact) mass is 216 g/mol. The third-order valence-electron chi connectivity index (χ3n) is 2.89. The molecule has 1 fully saturated rings. The van der Waals surface area contributed by atoms with Gasteiger partial charge in [0.1, 0.15) is 6.04 Å². The number of carboxylic acid groups (broad SMARTS) is 1. The fourth-order valence-electron chi connectivity index (χ4n) is 2.14. The number of aliphatic carboxylic acids is 1. The molecule has 5 nitrogen and oxygen atoms in total. The van der Waals surface area contributed by atoms with Crippen LogP contribution in [0.4, 0.5) is 0 Å². The van der Waals surface area contributed by atoms with Gasteiger partial charge in [-0.3, -0.25) is 9.69 Å². The molecule has 0 aliphatic carbocycles. The molecule has 3 N–H and O–H groups in total. The molecule has 1 heterocycles. The second-order valence-corrected chi connectivity index (χ2v) is 4.04. The van der Waals surface area contributed by atoms with Crippen molar-refractivity contribution in [3.8, 4) is 0 Å².